The standard InChI is InChI=1S/C18H12F6N4O3/c1-8-14(9(2)31-27-8)13(16(29)30)6-28-7-25-15(26-28)10-3-11(17(19,20)21)5-12(4-10)18(22,23)24/h3-7H,1-2H3,(H,29,30)/b13-6-. The molecule has 0 aliphatic rings. The largest absolute Gasteiger partial charge is 0.478 e. The molecule has 0 fully saturated rings. The first-order valence-electron chi connectivity index (χ1n) is 8.36. The molecule has 0 saturated heterocycles. The van der Waals surface area contributed by atoms with Crippen LogP contribution in [0.25, 0.3) is 23.2 Å². The number of hydrogen-bond acceptors (Lipinski definition) is 5. The van der Waals surface area contributed by atoms with Gasteiger partial charge in [0.25, 0.3) is 0 Å². The number of nitrogens with zero attached hydrogens (tertiary/aromatic N) is 4. The van der Waals surface area contributed by atoms with Gasteiger partial charge in [0.05, 0.1) is 28.0 Å². The molecule has 2 heterocycles. The number of carbonyl (C=O) groups is 1. The molecule has 0 bridgehead atoms. The van der Waals surface area contributed by atoms with Gasteiger partial charge in [0.1, 0.15) is 12.1 Å². The lowest BCUT2D eigenvalue weighted by molar-refractivity contribution is -0.143. The molecule has 0 amide bonds. The van der Waals surface area contributed by atoms with Gasteiger partial charge in [0, 0.05) is 11.8 Å². The Bertz CT molecular complexity index is 1120. The van der Waals surface area contributed by atoms with Gasteiger partial charge in [-0.2, -0.15) is 26.3 Å². The predicted octanol–water partition coefficient (Wildman–Crippen LogP) is 4.67. The number of aryl methyl sites for hydroxylation is 2. The van der Waals surface area contributed by atoms with Crippen LogP contribution < -0.4 is 0 Å². The van der Waals surface area contributed by atoms with Crippen LogP contribution >= 0.6 is 0 Å². The van der Waals surface area contributed by atoms with Crippen LogP contribution in [0.5, 0.6) is 0 Å². The third-order valence-corrected chi connectivity index (χ3v) is 4.15. The number of benzene rings is 1. The lowest BCUT2D eigenvalue weighted by Gasteiger charge is -2.13. The van der Waals surface area contributed by atoms with Gasteiger partial charge in [-0.3, -0.25) is 0 Å². The summed E-state index contributed by atoms with van der Waals surface area (Å²) in [7, 11) is 0. The summed E-state index contributed by atoms with van der Waals surface area (Å²) in [6.45, 7) is 2.97. The summed E-state index contributed by atoms with van der Waals surface area (Å²) in [5, 5.41) is 16.9. The molecule has 164 valence electrons. The molecule has 0 spiro atoms. The van der Waals surface area contributed by atoms with E-state index >= 15 is 0 Å². The monoisotopic (exact) mass is 446 g/mol. The number of carboxylic acids is 1. The molecule has 1 N–H and O–H groups in total. The van der Waals surface area contributed by atoms with Crippen molar-refractivity contribution in [2.45, 2.75) is 26.2 Å². The molecule has 0 aliphatic heterocycles. The summed E-state index contributed by atoms with van der Waals surface area (Å²) >= 11 is 0. The average molecular weight is 446 g/mol. The van der Waals surface area contributed by atoms with E-state index in [1.807, 2.05) is 0 Å². The smallest absolute Gasteiger partial charge is 0.416 e. The van der Waals surface area contributed by atoms with Crippen LogP contribution in [0.15, 0.2) is 29.0 Å². The minimum atomic E-state index is -5.03. The highest BCUT2D eigenvalue weighted by molar-refractivity contribution is 6.19. The maximum absolute atomic E-state index is 13.0. The van der Waals surface area contributed by atoms with Gasteiger partial charge in [0.15, 0.2) is 5.82 Å². The van der Waals surface area contributed by atoms with Crippen molar-refractivity contribution in [2.75, 3.05) is 0 Å². The van der Waals surface area contributed by atoms with Crippen molar-refractivity contribution in [3.63, 3.8) is 0 Å². The first-order valence-corrected chi connectivity index (χ1v) is 8.36. The Kier molecular flexibility index (Phi) is 5.38. The van der Waals surface area contributed by atoms with Gasteiger partial charge in [-0.25, -0.2) is 14.5 Å². The van der Waals surface area contributed by atoms with Gasteiger partial charge in [0.2, 0.25) is 0 Å². The normalized spacial score (nSPS) is 13.0. The van der Waals surface area contributed by atoms with Crippen LogP contribution in [-0.4, -0.2) is 31.0 Å². The summed E-state index contributed by atoms with van der Waals surface area (Å²) in [4.78, 5) is 15.4. The highest BCUT2D eigenvalue weighted by Gasteiger charge is 2.37. The summed E-state index contributed by atoms with van der Waals surface area (Å²) < 4.78 is 84.1. The van der Waals surface area contributed by atoms with Crippen LogP contribution in [0.2, 0.25) is 0 Å². The molecule has 7 nitrogen and oxygen atoms in total. The van der Waals surface area contributed by atoms with Crippen molar-refractivity contribution in [3.8, 4) is 11.4 Å². The van der Waals surface area contributed by atoms with E-state index in [0.717, 1.165) is 17.2 Å². The summed E-state index contributed by atoms with van der Waals surface area (Å²) in [5.74, 6) is -1.65. The quantitative estimate of drug-likeness (QED) is 0.463. The lowest BCUT2D eigenvalue weighted by atomic mass is 10.0. The van der Waals surface area contributed by atoms with Gasteiger partial charge < -0.3 is 9.63 Å². The molecule has 0 saturated carbocycles. The molecular formula is C18H12F6N4O3. The van der Waals surface area contributed by atoms with Gasteiger partial charge in [-0.15, -0.1) is 5.10 Å². The van der Waals surface area contributed by atoms with Crippen molar-refractivity contribution < 1.29 is 40.8 Å². The second kappa shape index (κ2) is 7.56. The molecule has 31 heavy (non-hydrogen) atoms. The van der Waals surface area contributed by atoms with Crippen LogP contribution in [0.4, 0.5) is 26.3 Å². The minimum Gasteiger partial charge on any atom is -0.478 e. The van der Waals surface area contributed by atoms with Crippen LogP contribution in [0.3, 0.4) is 0 Å². The Morgan fingerprint density at radius 2 is 1.65 bits per heavy atom. The SMILES string of the molecule is Cc1noc(C)c1/C(=C/n1cnc(-c2cc(C(F)(F)F)cc(C(F)(F)F)c2)n1)C(=O)O. The van der Waals surface area contributed by atoms with E-state index in [2.05, 4.69) is 15.2 Å². The summed E-state index contributed by atoms with van der Waals surface area (Å²) in [6, 6.07) is 0.941. The molecular weight excluding hydrogens is 434 g/mol. The molecule has 3 rings (SSSR count). The van der Waals surface area contributed by atoms with E-state index in [-0.39, 0.29) is 28.7 Å². The number of alkyl halides is 6. The lowest BCUT2D eigenvalue weighted by Crippen LogP contribution is -2.11. The van der Waals surface area contributed by atoms with E-state index in [1.54, 1.807) is 0 Å². The molecule has 3 aromatic rings. The van der Waals surface area contributed by atoms with Gasteiger partial charge in [-0.05, 0) is 32.0 Å². The third kappa shape index (κ3) is 4.59. The third-order valence-electron chi connectivity index (χ3n) is 4.15. The van der Waals surface area contributed by atoms with Crippen molar-refractivity contribution >= 4 is 17.7 Å². The van der Waals surface area contributed by atoms with E-state index in [4.69, 9.17) is 4.52 Å². The van der Waals surface area contributed by atoms with E-state index < -0.39 is 40.8 Å². The fraction of sp³-hybridized carbons (Fsp3) is 0.222. The Morgan fingerprint density at radius 3 is 2.10 bits per heavy atom. The van der Waals surface area contributed by atoms with Crippen molar-refractivity contribution in [1.82, 2.24) is 19.9 Å². The van der Waals surface area contributed by atoms with Crippen LogP contribution in [0.1, 0.15) is 28.1 Å². The zero-order valence-electron chi connectivity index (χ0n) is 15.7. The number of hydrogen-bond donors (Lipinski definition) is 1. The zero-order chi connectivity index (χ0) is 23.1. The molecule has 0 unspecified atom stereocenters. The predicted molar refractivity (Wildman–Crippen MR) is 93.2 cm³/mol. The Hall–Kier alpha value is -3.64. The fourth-order valence-electron chi connectivity index (χ4n) is 2.78. The van der Waals surface area contributed by atoms with Crippen molar-refractivity contribution in [3.05, 3.63) is 52.7 Å². The minimum absolute atomic E-state index is 0.0135. The Morgan fingerprint density at radius 1 is 1.06 bits per heavy atom. The van der Waals surface area contributed by atoms with E-state index in [9.17, 15) is 36.2 Å². The number of aliphatic carboxylic acids is 1. The summed E-state index contributed by atoms with van der Waals surface area (Å²) in [5.41, 5.74) is -3.48. The van der Waals surface area contributed by atoms with E-state index in [1.165, 1.54) is 13.8 Å². The number of rotatable bonds is 4. The van der Waals surface area contributed by atoms with Gasteiger partial charge in [-0.1, -0.05) is 5.16 Å². The molecule has 2 aromatic heterocycles. The van der Waals surface area contributed by atoms with Crippen LogP contribution in [0, 0.1) is 13.8 Å². The molecule has 0 atom stereocenters. The number of halogens is 6. The first kappa shape index (κ1) is 22.1. The molecule has 1 aromatic carbocycles. The number of aromatic nitrogens is 4. The maximum atomic E-state index is 13.0. The van der Waals surface area contributed by atoms with Gasteiger partial charge >= 0.3 is 18.3 Å². The Balaban J connectivity index is 2.10. The fourth-order valence-corrected chi connectivity index (χ4v) is 2.78. The summed E-state index contributed by atoms with van der Waals surface area (Å²) in [6.07, 6.45) is -8.12. The highest BCUT2D eigenvalue weighted by atomic mass is 19.4. The topological polar surface area (TPSA) is 94.0 Å². The van der Waals surface area contributed by atoms with E-state index in [0.29, 0.717) is 12.1 Å². The molecule has 0 radical (unpaired) electrons. The highest BCUT2D eigenvalue weighted by Crippen LogP contribution is 2.38. The second-order valence-corrected chi connectivity index (χ2v) is 6.39. The molecule has 13 heteroatoms. The van der Waals surface area contributed by atoms with Crippen molar-refractivity contribution in [1.29, 1.82) is 0 Å². The number of carboxylic acid groups (broad SMARTS) is 1. The zero-order valence-corrected chi connectivity index (χ0v) is 15.7. The maximum Gasteiger partial charge on any atom is 0.416 e. The second-order valence-electron chi connectivity index (χ2n) is 6.39. The van der Waals surface area contributed by atoms with Crippen molar-refractivity contribution in [2.24, 2.45) is 0 Å². The molecule has 0 aliphatic carbocycles. The van der Waals surface area contributed by atoms with Crippen LogP contribution in [-0.2, 0) is 17.1 Å². The Labute approximate surface area is 169 Å². The first-order chi connectivity index (χ1) is 14.3. The average Bonchev–Trinajstić information content (AvgIpc) is 3.24.